The quantitative estimate of drug-likeness (QED) is 0.718. The third-order valence-electron chi connectivity index (χ3n) is 4.27. The summed E-state index contributed by atoms with van der Waals surface area (Å²) in [6.45, 7) is 4.35. The molecule has 5 heteroatoms. The van der Waals surface area contributed by atoms with Crippen molar-refractivity contribution in [3.05, 3.63) is 83.2 Å². The lowest BCUT2D eigenvalue weighted by Gasteiger charge is -2.14. The average molecular weight is 349 g/mol. The van der Waals surface area contributed by atoms with Crippen molar-refractivity contribution < 1.29 is 9.90 Å². The minimum absolute atomic E-state index is 0.0338. The number of aryl methyl sites for hydroxylation is 2. The van der Waals surface area contributed by atoms with Crippen LogP contribution >= 0.6 is 0 Å². The molecule has 0 aliphatic carbocycles. The normalized spacial score (nSPS) is 12.0. The molecule has 1 aromatic heterocycles. The van der Waals surface area contributed by atoms with Gasteiger partial charge in [0.2, 0.25) is 5.91 Å². The minimum Gasteiger partial charge on any atom is -0.388 e. The van der Waals surface area contributed by atoms with Crippen molar-refractivity contribution in [1.29, 1.82) is 0 Å². The van der Waals surface area contributed by atoms with E-state index in [1.807, 2.05) is 79.2 Å². The van der Waals surface area contributed by atoms with E-state index in [4.69, 9.17) is 0 Å². The van der Waals surface area contributed by atoms with E-state index in [-0.39, 0.29) is 12.3 Å². The third kappa shape index (κ3) is 4.18. The van der Waals surface area contributed by atoms with Crippen LogP contribution in [0.25, 0.3) is 5.69 Å². The van der Waals surface area contributed by atoms with Gasteiger partial charge in [-0.05, 0) is 37.1 Å². The molecule has 0 saturated heterocycles. The van der Waals surface area contributed by atoms with E-state index in [9.17, 15) is 9.90 Å². The molecular formula is C21H23N3O2. The molecule has 2 N–H and O–H groups in total. The molecule has 1 heterocycles. The van der Waals surface area contributed by atoms with Gasteiger partial charge in [0, 0.05) is 12.2 Å². The summed E-state index contributed by atoms with van der Waals surface area (Å²) in [6.07, 6.45) is -0.769. The smallest absolute Gasteiger partial charge is 0.223 e. The number of benzene rings is 2. The molecule has 0 saturated carbocycles. The molecule has 0 radical (unpaired) electrons. The van der Waals surface area contributed by atoms with Crippen LogP contribution in [0.5, 0.6) is 0 Å². The summed E-state index contributed by atoms with van der Waals surface area (Å²) >= 11 is 0. The zero-order valence-electron chi connectivity index (χ0n) is 15.0. The first-order valence-corrected chi connectivity index (χ1v) is 8.66. The zero-order chi connectivity index (χ0) is 18.5. The average Bonchev–Trinajstić information content (AvgIpc) is 2.99. The van der Waals surface area contributed by atoms with Crippen molar-refractivity contribution in [1.82, 2.24) is 15.1 Å². The number of rotatable bonds is 6. The Labute approximate surface area is 153 Å². The lowest BCUT2D eigenvalue weighted by molar-refractivity contribution is -0.123. The summed E-state index contributed by atoms with van der Waals surface area (Å²) < 4.78 is 1.88. The number of aliphatic hydroxyl groups excluding tert-OH is 1. The van der Waals surface area contributed by atoms with Gasteiger partial charge in [-0.2, -0.15) is 5.10 Å². The minimum atomic E-state index is -0.803. The first kappa shape index (κ1) is 17.9. The Balaban J connectivity index is 1.67. The summed E-state index contributed by atoms with van der Waals surface area (Å²) in [5.41, 5.74) is 4.65. The van der Waals surface area contributed by atoms with Crippen LogP contribution in [0.1, 0.15) is 35.0 Å². The predicted octanol–water partition coefficient (Wildman–Crippen LogP) is 3.23. The fraction of sp³-hybridized carbons (Fsp3) is 0.238. The molecular weight excluding hydrogens is 326 g/mol. The summed E-state index contributed by atoms with van der Waals surface area (Å²) in [6, 6.07) is 19.1. The Morgan fingerprint density at radius 3 is 2.50 bits per heavy atom. The van der Waals surface area contributed by atoms with E-state index in [1.165, 1.54) is 0 Å². The number of hydrogen-bond donors (Lipinski definition) is 2. The highest BCUT2D eigenvalue weighted by molar-refractivity contribution is 5.76. The number of nitrogens with one attached hydrogen (secondary N) is 1. The van der Waals surface area contributed by atoms with Gasteiger partial charge in [-0.15, -0.1) is 0 Å². The Morgan fingerprint density at radius 1 is 1.12 bits per heavy atom. The molecule has 3 rings (SSSR count). The molecule has 0 aliphatic rings. The van der Waals surface area contributed by atoms with Gasteiger partial charge in [0.25, 0.3) is 0 Å². The van der Waals surface area contributed by atoms with Crippen LogP contribution in [0.15, 0.2) is 60.7 Å². The highest BCUT2D eigenvalue weighted by Crippen LogP contribution is 2.18. The topological polar surface area (TPSA) is 67.2 Å². The lowest BCUT2D eigenvalue weighted by Crippen LogP contribution is -2.25. The molecule has 1 unspecified atom stereocenters. The molecule has 0 fully saturated rings. The second-order valence-electron chi connectivity index (χ2n) is 6.37. The maximum Gasteiger partial charge on any atom is 0.223 e. The summed E-state index contributed by atoms with van der Waals surface area (Å²) in [5, 5.41) is 17.6. The highest BCUT2D eigenvalue weighted by atomic mass is 16.3. The molecule has 0 spiro atoms. The number of para-hydroxylation sites is 1. The Kier molecular flexibility index (Phi) is 5.49. The van der Waals surface area contributed by atoms with Gasteiger partial charge in [-0.3, -0.25) is 4.79 Å². The molecule has 1 atom stereocenters. The molecule has 134 valence electrons. The van der Waals surface area contributed by atoms with E-state index < -0.39 is 6.10 Å². The van der Waals surface area contributed by atoms with Crippen molar-refractivity contribution in [2.24, 2.45) is 0 Å². The van der Waals surface area contributed by atoms with Gasteiger partial charge in [-0.1, -0.05) is 48.5 Å². The number of carbonyl (C=O) groups is 1. The van der Waals surface area contributed by atoms with Gasteiger partial charge in [0.1, 0.15) is 0 Å². The van der Waals surface area contributed by atoms with Gasteiger partial charge >= 0.3 is 0 Å². The van der Waals surface area contributed by atoms with Crippen molar-refractivity contribution in [3.8, 4) is 5.69 Å². The van der Waals surface area contributed by atoms with Gasteiger partial charge in [0.05, 0.1) is 23.9 Å². The maximum absolute atomic E-state index is 12.2. The van der Waals surface area contributed by atoms with Crippen LogP contribution in [-0.4, -0.2) is 20.8 Å². The summed E-state index contributed by atoms with van der Waals surface area (Å²) in [7, 11) is 0. The molecule has 0 aliphatic heterocycles. The van der Waals surface area contributed by atoms with Crippen LogP contribution in [0.3, 0.4) is 0 Å². The van der Waals surface area contributed by atoms with E-state index in [0.29, 0.717) is 6.54 Å². The fourth-order valence-corrected chi connectivity index (χ4v) is 2.97. The molecule has 3 aromatic rings. The van der Waals surface area contributed by atoms with E-state index in [2.05, 4.69) is 10.4 Å². The number of aliphatic hydroxyl groups is 1. The molecule has 26 heavy (non-hydrogen) atoms. The number of amides is 1. The van der Waals surface area contributed by atoms with E-state index in [1.54, 1.807) is 0 Å². The Bertz CT molecular complexity index is 887. The zero-order valence-corrected chi connectivity index (χ0v) is 15.0. The van der Waals surface area contributed by atoms with Gasteiger partial charge in [-0.25, -0.2) is 4.68 Å². The van der Waals surface area contributed by atoms with Crippen molar-refractivity contribution in [2.75, 3.05) is 0 Å². The van der Waals surface area contributed by atoms with Gasteiger partial charge in [0.15, 0.2) is 0 Å². The van der Waals surface area contributed by atoms with Crippen LogP contribution < -0.4 is 5.32 Å². The van der Waals surface area contributed by atoms with Crippen LogP contribution in [0, 0.1) is 13.8 Å². The first-order chi connectivity index (χ1) is 12.5. The van der Waals surface area contributed by atoms with Crippen LogP contribution in [0.4, 0.5) is 0 Å². The predicted molar refractivity (Wildman–Crippen MR) is 101 cm³/mol. The second-order valence-corrected chi connectivity index (χ2v) is 6.37. The number of nitrogens with zero attached hydrogens (tertiary/aromatic N) is 2. The fourth-order valence-electron chi connectivity index (χ4n) is 2.97. The molecule has 0 bridgehead atoms. The maximum atomic E-state index is 12.2. The molecule has 2 aromatic carbocycles. The van der Waals surface area contributed by atoms with Crippen molar-refractivity contribution in [3.63, 3.8) is 0 Å². The SMILES string of the molecule is Cc1cc(C)n(-c2ccccc2CNC(=O)CC(O)c2ccccc2)n1. The Morgan fingerprint density at radius 2 is 1.81 bits per heavy atom. The molecule has 5 nitrogen and oxygen atoms in total. The monoisotopic (exact) mass is 349 g/mol. The van der Waals surface area contributed by atoms with Crippen LogP contribution in [0.2, 0.25) is 0 Å². The first-order valence-electron chi connectivity index (χ1n) is 8.66. The van der Waals surface area contributed by atoms with Gasteiger partial charge < -0.3 is 10.4 Å². The van der Waals surface area contributed by atoms with E-state index in [0.717, 1.165) is 28.2 Å². The largest absolute Gasteiger partial charge is 0.388 e. The van der Waals surface area contributed by atoms with E-state index >= 15 is 0 Å². The van der Waals surface area contributed by atoms with Crippen molar-refractivity contribution in [2.45, 2.75) is 32.9 Å². The number of carbonyl (C=O) groups excluding carboxylic acids is 1. The highest BCUT2D eigenvalue weighted by Gasteiger charge is 2.14. The number of aromatic nitrogens is 2. The summed E-state index contributed by atoms with van der Waals surface area (Å²) in [4.78, 5) is 12.2. The van der Waals surface area contributed by atoms with Crippen molar-refractivity contribution >= 4 is 5.91 Å². The molecule has 1 amide bonds. The standard InChI is InChI=1S/C21H23N3O2/c1-15-12-16(2)24(23-15)19-11-7-6-10-18(19)14-22-21(26)13-20(25)17-8-4-3-5-9-17/h3-12,20,25H,13-14H2,1-2H3,(H,22,26). The Hall–Kier alpha value is -2.92. The summed E-state index contributed by atoms with van der Waals surface area (Å²) in [5.74, 6) is -0.190. The van der Waals surface area contributed by atoms with Crippen LogP contribution in [-0.2, 0) is 11.3 Å². The number of hydrogen-bond acceptors (Lipinski definition) is 3. The third-order valence-corrected chi connectivity index (χ3v) is 4.27. The second kappa shape index (κ2) is 7.97. The lowest BCUT2D eigenvalue weighted by atomic mass is 10.1.